The Balaban J connectivity index is 1.92. The maximum Gasteiger partial charge on any atom is 0.416 e. The third-order valence-corrected chi connectivity index (χ3v) is 9.37. The number of nitrogens with one attached hydrogen (secondary N) is 4. The van der Waals surface area contributed by atoms with Crippen molar-refractivity contribution >= 4 is 29.2 Å². The Kier molecular flexibility index (Phi) is 14.6. The lowest BCUT2D eigenvalue weighted by atomic mass is 9.74. The Morgan fingerprint density at radius 3 is 2.34 bits per heavy atom. The first kappa shape index (κ1) is 40.2. The lowest BCUT2D eigenvalue weighted by Crippen LogP contribution is -2.64. The number of carbonyl (C=O) groups excluding carboxylic acids is 4. The summed E-state index contributed by atoms with van der Waals surface area (Å²) < 4.78 is 55.8. The number of benzene rings is 2. The fraction of sp³-hybridized carbons (Fsp3) is 0.514. The van der Waals surface area contributed by atoms with Crippen molar-refractivity contribution in [2.24, 2.45) is 5.92 Å². The minimum absolute atomic E-state index is 0.0182. The molecule has 1 aliphatic carbocycles. The van der Waals surface area contributed by atoms with Crippen molar-refractivity contribution in [3.63, 3.8) is 0 Å². The second-order valence-electron chi connectivity index (χ2n) is 13.0. The van der Waals surface area contributed by atoms with E-state index in [1.54, 1.807) is 26.0 Å². The Morgan fingerprint density at radius 2 is 1.68 bits per heavy atom. The molecule has 9 nitrogen and oxygen atoms in total. The maximum absolute atomic E-state index is 14.4. The summed E-state index contributed by atoms with van der Waals surface area (Å²) >= 11 is 0. The van der Waals surface area contributed by atoms with Crippen LogP contribution < -0.4 is 21.3 Å². The van der Waals surface area contributed by atoms with Crippen molar-refractivity contribution in [2.45, 2.75) is 96.8 Å². The summed E-state index contributed by atoms with van der Waals surface area (Å²) in [4.78, 5) is 53.7. The van der Waals surface area contributed by atoms with Crippen LogP contribution >= 0.6 is 0 Å². The van der Waals surface area contributed by atoms with Gasteiger partial charge in [0, 0.05) is 19.6 Å². The van der Waals surface area contributed by atoms with Crippen LogP contribution in [0.4, 0.5) is 17.6 Å². The number of carbonyl (C=O) groups is 4. The van der Waals surface area contributed by atoms with Crippen LogP contribution in [0.5, 0.6) is 0 Å². The largest absolute Gasteiger partial charge is 0.416 e. The van der Waals surface area contributed by atoms with Gasteiger partial charge in [-0.25, -0.2) is 4.39 Å². The fourth-order valence-electron chi connectivity index (χ4n) is 6.13. The molecule has 0 heterocycles. The molecule has 3 atom stereocenters. The third kappa shape index (κ3) is 10.6. The highest BCUT2D eigenvalue weighted by atomic mass is 19.4. The van der Waals surface area contributed by atoms with Gasteiger partial charge in [-0.05, 0) is 86.3 Å². The van der Waals surface area contributed by atoms with Crippen LogP contribution in [0.1, 0.15) is 88.0 Å². The summed E-state index contributed by atoms with van der Waals surface area (Å²) in [6, 6.07) is 8.58. The average molecular weight is 705 g/mol. The normalized spacial score (nSPS) is 17.5. The molecule has 4 amide bonds. The smallest absolute Gasteiger partial charge is 0.396 e. The first-order chi connectivity index (χ1) is 23.6. The predicted octanol–water partition coefficient (Wildman–Crippen LogP) is 5.13. The molecule has 1 aliphatic rings. The van der Waals surface area contributed by atoms with Crippen molar-refractivity contribution in [3.8, 4) is 0 Å². The molecule has 0 radical (unpaired) electrons. The minimum Gasteiger partial charge on any atom is -0.396 e. The van der Waals surface area contributed by atoms with Crippen LogP contribution in [0, 0.1) is 18.7 Å². The SMILES string of the molecule is CCC(C)[C@H](NC(=O)[C@@]1(NC(=O)CNC(=O)Cc2ccccc2F)CCC(C)=C(c2cccc(C(F)(F)F)c2C)C1)C(=O)NCCCCCO. The summed E-state index contributed by atoms with van der Waals surface area (Å²) in [5.74, 6) is -3.36. The molecule has 5 N–H and O–H groups in total. The molecule has 0 bridgehead atoms. The van der Waals surface area contributed by atoms with Gasteiger partial charge in [-0.1, -0.05) is 56.2 Å². The van der Waals surface area contributed by atoms with Crippen molar-refractivity contribution in [1.29, 1.82) is 0 Å². The number of alkyl halides is 3. The van der Waals surface area contributed by atoms with Gasteiger partial charge in [0.2, 0.25) is 23.6 Å². The van der Waals surface area contributed by atoms with Crippen molar-refractivity contribution in [2.75, 3.05) is 19.7 Å². The highest BCUT2D eigenvalue weighted by molar-refractivity contribution is 5.98. The van der Waals surface area contributed by atoms with Crippen LogP contribution in [0.25, 0.3) is 5.57 Å². The number of amides is 4. The highest BCUT2D eigenvalue weighted by Crippen LogP contribution is 2.42. The molecule has 13 heteroatoms. The van der Waals surface area contributed by atoms with E-state index in [9.17, 15) is 36.7 Å². The maximum atomic E-state index is 14.4. The number of aliphatic hydroxyl groups is 1. The number of rotatable bonds is 16. The number of hydrogen-bond acceptors (Lipinski definition) is 5. The van der Waals surface area contributed by atoms with Gasteiger partial charge in [0.25, 0.3) is 0 Å². The second kappa shape index (κ2) is 18.1. The molecule has 3 rings (SSSR count). The molecular weight excluding hydrogens is 656 g/mol. The summed E-state index contributed by atoms with van der Waals surface area (Å²) in [6.45, 7) is 6.62. The molecule has 1 unspecified atom stereocenters. The molecule has 2 aromatic rings. The van der Waals surface area contributed by atoms with E-state index in [1.807, 2.05) is 6.92 Å². The van der Waals surface area contributed by atoms with E-state index in [1.165, 1.54) is 31.2 Å². The number of unbranched alkanes of at least 4 members (excludes halogenated alkanes) is 2. The van der Waals surface area contributed by atoms with Gasteiger partial charge < -0.3 is 26.4 Å². The average Bonchev–Trinajstić information content (AvgIpc) is 3.07. The zero-order valence-corrected chi connectivity index (χ0v) is 29.1. The highest BCUT2D eigenvalue weighted by Gasteiger charge is 2.45. The first-order valence-electron chi connectivity index (χ1n) is 17.0. The Labute approximate surface area is 290 Å². The molecular formula is C37H48F4N4O5. The molecule has 0 saturated heterocycles. The fourth-order valence-corrected chi connectivity index (χ4v) is 6.13. The summed E-state index contributed by atoms with van der Waals surface area (Å²) in [7, 11) is 0. The zero-order valence-electron chi connectivity index (χ0n) is 29.1. The molecule has 50 heavy (non-hydrogen) atoms. The monoisotopic (exact) mass is 704 g/mol. The number of hydrogen-bond donors (Lipinski definition) is 5. The predicted molar refractivity (Wildman–Crippen MR) is 182 cm³/mol. The van der Waals surface area contributed by atoms with E-state index < -0.39 is 59.3 Å². The van der Waals surface area contributed by atoms with Gasteiger partial charge in [-0.2, -0.15) is 13.2 Å². The van der Waals surface area contributed by atoms with Gasteiger partial charge in [0.05, 0.1) is 18.5 Å². The lowest BCUT2D eigenvalue weighted by Gasteiger charge is -2.40. The van der Waals surface area contributed by atoms with Gasteiger partial charge in [0.15, 0.2) is 0 Å². The van der Waals surface area contributed by atoms with E-state index in [2.05, 4.69) is 21.3 Å². The van der Waals surface area contributed by atoms with E-state index in [-0.39, 0.29) is 49.3 Å². The topological polar surface area (TPSA) is 137 Å². The molecule has 0 spiro atoms. The van der Waals surface area contributed by atoms with Crippen LogP contribution in [0.2, 0.25) is 0 Å². The summed E-state index contributed by atoms with van der Waals surface area (Å²) in [5.41, 5.74) is -0.871. The zero-order chi connectivity index (χ0) is 37.1. The standard InChI is InChI=1S/C37H48F4N4O5/c1-5-23(2)33(34(49)42-18-9-6-10-19-46)44-35(50)36(45-32(48)22-43-31(47)20-26-12-7-8-15-30(26)38)17-16-24(3)28(21-36)27-13-11-14-29(25(27)4)37(39,40)41/h7-8,11-15,23,33,46H,5-6,9-10,16-22H2,1-4H3,(H,42,49)(H,43,47)(H,44,50)(H,45,48)/t23?,33-,36+/m0/s1. The van der Waals surface area contributed by atoms with Crippen molar-refractivity contribution in [3.05, 3.63) is 76.1 Å². The number of aliphatic hydroxyl groups excluding tert-OH is 1. The third-order valence-electron chi connectivity index (χ3n) is 9.37. The molecule has 0 aromatic heterocycles. The Bertz CT molecular complexity index is 1560. The van der Waals surface area contributed by atoms with Crippen LogP contribution in [-0.4, -0.2) is 60.0 Å². The van der Waals surface area contributed by atoms with Crippen LogP contribution in [-0.2, 0) is 31.8 Å². The van der Waals surface area contributed by atoms with E-state index in [0.29, 0.717) is 43.4 Å². The van der Waals surface area contributed by atoms with Crippen molar-refractivity contribution < 1.29 is 41.8 Å². The lowest BCUT2D eigenvalue weighted by molar-refractivity contribution is -0.138. The molecule has 0 saturated carbocycles. The Morgan fingerprint density at radius 1 is 0.960 bits per heavy atom. The number of allylic oxidation sites excluding steroid dienone is 1. The van der Waals surface area contributed by atoms with Gasteiger partial charge >= 0.3 is 6.18 Å². The van der Waals surface area contributed by atoms with Gasteiger partial charge in [-0.3, -0.25) is 19.2 Å². The number of halogens is 4. The van der Waals surface area contributed by atoms with Crippen LogP contribution in [0.3, 0.4) is 0 Å². The van der Waals surface area contributed by atoms with Gasteiger partial charge in [0.1, 0.15) is 17.4 Å². The molecule has 274 valence electrons. The summed E-state index contributed by atoms with van der Waals surface area (Å²) in [6.07, 6.45) is -2.32. The minimum atomic E-state index is -4.61. The molecule has 2 aromatic carbocycles. The van der Waals surface area contributed by atoms with Crippen molar-refractivity contribution in [1.82, 2.24) is 21.3 Å². The molecule has 0 aliphatic heterocycles. The van der Waals surface area contributed by atoms with E-state index in [4.69, 9.17) is 5.11 Å². The second-order valence-corrected chi connectivity index (χ2v) is 13.0. The van der Waals surface area contributed by atoms with E-state index >= 15 is 0 Å². The van der Waals surface area contributed by atoms with Gasteiger partial charge in [-0.15, -0.1) is 0 Å². The Hall–Kier alpha value is -4.26. The first-order valence-corrected chi connectivity index (χ1v) is 17.0. The quantitative estimate of drug-likeness (QED) is 0.122. The van der Waals surface area contributed by atoms with E-state index in [0.717, 1.165) is 11.6 Å². The molecule has 0 fully saturated rings. The summed E-state index contributed by atoms with van der Waals surface area (Å²) in [5, 5.41) is 19.9. The van der Waals surface area contributed by atoms with Crippen LogP contribution in [0.15, 0.2) is 48.0 Å².